The molecule has 0 spiro atoms. The van der Waals surface area contributed by atoms with E-state index in [-0.39, 0.29) is 6.04 Å². The molecule has 5 heteroatoms. The van der Waals surface area contributed by atoms with Gasteiger partial charge in [0.2, 0.25) is 0 Å². The maximum absolute atomic E-state index is 11.4. The van der Waals surface area contributed by atoms with Crippen molar-refractivity contribution in [1.29, 1.82) is 0 Å². The second-order valence-corrected chi connectivity index (χ2v) is 9.95. The summed E-state index contributed by atoms with van der Waals surface area (Å²) in [6, 6.07) is 21.7. The fraction of sp³-hybridized carbons (Fsp3) is 0.406. The summed E-state index contributed by atoms with van der Waals surface area (Å²) in [6.45, 7) is 7.91. The maximum Gasteiger partial charge on any atom is 0.333 e. The largest absolute Gasteiger partial charge is 0.492 e. The van der Waals surface area contributed by atoms with E-state index in [1.54, 1.807) is 6.92 Å². The fourth-order valence-electron chi connectivity index (χ4n) is 5.26. The van der Waals surface area contributed by atoms with Gasteiger partial charge in [-0.05, 0) is 85.7 Å². The van der Waals surface area contributed by atoms with Crippen molar-refractivity contribution in [3.63, 3.8) is 0 Å². The van der Waals surface area contributed by atoms with E-state index in [2.05, 4.69) is 62.2 Å². The number of ether oxygens (including phenoxy) is 2. The van der Waals surface area contributed by atoms with Crippen molar-refractivity contribution in [3.05, 3.63) is 99.6 Å². The minimum absolute atomic E-state index is 0.191. The summed E-state index contributed by atoms with van der Waals surface area (Å²) < 4.78 is 11.4. The van der Waals surface area contributed by atoms with Crippen LogP contribution in [0.3, 0.4) is 0 Å². The molecule has 0 saturated heterocycles. The second-order valence-electron chi connectivity index (χ2n) is 9.95. The van der Waals surface area contributed by atoms with Crippen molar-refractivity contribution in [1.82, 2.24) is 4.90 Å². The number of likely N-dealkylation sites (N-methyl/N-ethyl adjacent to an activating group) is 1. The molecule has 3 aromatic rings. The van der Waals surface area contributed by atoms with Crippen LogP contribution in [-0.4, -0.2) is 48.9 Å². The highest BCUT2D eigenvalue weighted by molar-refractivity contribution is 5.72. The van der Waals surface area contributed by atoms with E-state index in [4.69, 9.17) is 9.47 Å². The molecule has 1 aliphatic carbocycles. The zero-order chi connectivity index (χ0) is 26.4. The summed E-state index contributed by atoms with van der Waals surface area (Å²) in [5.74, 6) is -0.154. The van der Waals surface area contributed by atoms with Crippen molar-refractivity contribution >= 4 is 5.97 Å². The highest BCUT2D eigenvalue weighted by Gasteiger charge is 2.27. The average Bonchev–Trinajstić information content (AvgIpc) is 3.05. The predicted molar refractivity (Wildman–Crippen MR) is 148 cm³/mol. The highest BCUT2D eigenvalue weighted by Crippen LogP contribution is 2.37. The molecule has 0 radical (unpaired) electrons. The summed E-state index contributed by atoms with van der Waals surface area (Å²) >= 11 is 0. The standard InChI is InChI=1S/C32H39NO4/c1-5-23-10-16-28-26(20-23)13-12-25-11-7-22(3)19-29(25)31(28)33(4)17-18-37-27-14-8-24(9-15-27)21-30(32(34)35)36-6-2/h7-11,14-16,19-20,30-31H,5-6,12-13,17-18,21H2,1-4H3,(H,34,35). The molecule has 4 rings (SSSR count). The third kappa shape index (κ3) is 6.60. The smallest absolute Gasteiger partial charge is 0.333 e. The quantitative estimate of drug-likeness (QED) is 0.360. The molecule has 0 bridgehead atoms. The van der Waals surface area contributed by atoms with Gasteiger partial charge in [0.25, 0.3) is 0 Å². The number of nitrogens with zero attached hydrogens (tertiary/aromatic N) is 1. The molecule has 0 fully saturated rings. The summed E-state index contributed by atoms with van der Waals surface area (Å²) in [6.07, 6.45) is 2.70. The lowest BCUT2D eigenvalue weighted by atomic mass is 9.91. The van der Waals surface area contributed by atoms with E-state index < -0.39 is 12.1 Å². The van der Waals surface area contributed by atoms with Crippen LogP contribution in [0.5, 0.6) is 5.75 Å². The van der Waals surface area contributed by atoms with Gasteiger partial charge in [-0.2, -0.15) is 0 Å². The highest BCUT2D eigenvalue weighted by atomic mass is 16.5. The number of rotatable bonds is 11. The lowest BCUT2D eigenvalue weighted by Crippen LogP contribution is -2.30. The van der Waals surface area contributed by atoms with E-state index in [1.807, 2.05) is 24.3 Å². The monoisotopic (exact) mass is 501 g/mol. The first-order valence-corrected chi connectivity index (χ1v) is 13.4. The SMILES string of the molecule is CCOC(Cc1ccc(OCCN(C)C2c3ccc(CC)cc3CCc3ccc(C)cc32)cc1)C(=O)O. The molecule has 0 amide bonds. The topological polar surface area (TPSA) is 59.0 Å². The molecule has 2 atom stereocenters. The molecule has 2 unspecified atom stereocenters. The normalized spacial score (nSPS) is 15.5. The van der Waals surface area contributed by atoms with Gasteiger partial charge in [-0.3, -0.25) is 4.90 Å². The molecule has 0 heterocycles. The van der Waals surface area contributed by atoms with Gasteiger partial charge in [-0.25, -0.2) is 4.79 Å². The Hall–Kier alpha value is -3.15. The molecular weight excluding hydrogens is 462 g/mol. The zero-order valence-corrected chi connectivity index (χ0v) is 22.5. The lowest BCUT2D eigenvalue weighted by molar-refractivity contribution is -0.149. The second kappa shape index (κ2) is 12.4. The molecule has 5 nitrogen and oxygen atoms in total. The van der Waals surface area contributed by atoms with Crippen LogP contribution in [0.15, 0.2) is 60.7 Å². The fourth-order valence-corrected chi connectivity index (χ4v) is 5.26. The number of aliphatic carboxylic acids is 1. The average molecular weight is 502 g/mol. The van der Waals surface area contributed by atoms with Gasteiger partial charge in [-0.15, -0.1) is 0 Å². The van der Waals surface area contributed by atoms with Crippen molar-refractivity contribution in [2.45, 2.75) is 58.6 Å². The Labute approximate surface area is 221 Å². The minimum atomic E-state index is -0.937. The zero-order valence-electron chi connectivity index (χ0n) is 22.5. The summed E-state index contributed by atoms with van der Waals surface area (Å²) in [5, 5.41) is 9.32. The van der Waals surface area contributed by atoms with Gasteiger partial charge in [0.05, 0.1) is 6.04 Å². The first-order valence-electron chi connectivity index (χ1n) is 13.4. The van der Waals surface area contributed by atoms with Crippen molar-refractivity contribution in [3.8, 4) is 5.75 Å². The number of carboxylic acid groups (broad SMARTS) is 1. The third-order valence-corrected chi connectivity index (χ3v) is 7.31. The Balaban J connectivity index is 1.45. The summed E-state index contributed by atoms with van der Waals surface area (Å²) in [7, 11) is 2.19. The Kier molecular flexibility index (Phi) is 9.01. The van der Waals surface area contributed by atoms with Crippen LogP contribution in [0.2, 0.25) is 0 Å². The Morgan fingerprint density at radius 2 is 1.70 bits per heavy atom. The van der Waals surface area contributed by atoms with Gasteiger partial charge < -0.3 is 14.6 Å². The van der Waals surface area contributed by atoms with Crippen molar-refractivity contribution in [2.24, 2.45) is 0 Å². The van der Waals surface area contributed by atoms with E-state index in [0.29, 0.717) is 19.6 Å². The molecule has 0 saturated carbocycles. The predicted octanol–water partition coefficient (Wildman–Crippen LogP) is 5.79. The van der Waals surface area contributed by atoms with Gasteiger partial charge in [0.15, 0.2) is 6.10 Å². The summed E-state index contributed by atoms with van der Waals surface area (Å²) in [5.41, 5.74) is 9.28. The van der Waals surface area contributed by atoms with Crippen molar-refractivity contribution < 1.29 is 19.4 Å². The van der Waals surface area contributed by atoms with Gasteiger partial charge in [0, 0.05) is 19.6 Å². The number of carbonyl (C=O) groups is 1. The minimum Gasteiger partial charge on any atom is -0.492 e. The van der Waals surface area contributed by atoms with Gasteiger partial charge in [0.1, 0.15) is 12.4 Å². The number of fused-ring (bicyclic) bond motifs is 2. The summed E-state index contributed by atoms with van der Waals surface area (Å²) in [4.78, 5) is 13.8. The van der Waals surface area contributed by atoms with E-state index in [1.165, 1.54) is 33.4 Å². The number of carboxylic acids is 1. The van der Waals surface area contributed by atoms with Crippen LogP contribution in [0.25, 0.3) is 0 Å². The van der Waals surface area contributed by atoms with Crippen LogP contribution < -0.4 is 4.74 Å². The Morgan fingerprint density at radius 3 is 2.41 bits per heavy atom. The molecule has 0 aromatic heterocycles. The Morgan fingerprint density at radius 1 is 0.973 bits per heavy atom. The van der Waals surface area contributed by atoms with Crippen LogP contribution >= 0.6 is 0 Å². The van der Waals surface area contributed by atoms with Gasteiger partial charge in [-0.1, -0.05) is 61.0 Å². The van der Waals surface area contributed by atoms with E-state index in [9.17, 15) is 9.90 Å². The number of hydrogen-bond donors (Lipinski definition) is 1. The molecule has 3 aromatic carbocycles. The number of benzene rings is 3. The van der Waals surface area contributed by atoms with E-state index in [0.717, 1.165) is 37.1 Å². The van der Waals surface area contributed by atoms with Crippen LogP contribution in [0.4, 0.5) is 0 Å². The third-order valence-electron chi connectivity index (χ3n) is 7.31. The maximum atomic E-state index is 11.4. The van der Waals surface area contributed by atoms with Gasteiger partial charge >= 0.3 is 5.97 Å². The van der Waals surface area contributed by atoms with Crippen LogP contribution in [-0.2, 0) is 35.2 Å². The number of hydrogen-bond acceptors (Lipinski definition) is 4. The molecule has 0 aliphatic heterocycles. The molecule has 1 N–H and O–H groups in total. The molecule has 37 heavy (non-hydrogen) atoms. The van der Waals surface area contributed by atoms with Crippen molar-refractivity contribution in [2.75, 3.05) is 26.8 Å². The molecule has 196 valence electrons. The molecule has 1 aliphatic rings. The molecular formula is C32H39NO4. The first kappa shape index (κ1) is 26.9. The lowest BCUT2D eigenvalue weighted by Gasteiger charge is -2.31. The van der Waals surface area contributed by atoms with Crippen LogP contribution in [0.1, 0.15) is 58.8 Å². The Bertz CT molecular complexity index is 1200. The van der Waals surface area contributed by atoms with E-state index >= 15 is 0 Å². The van der Waals surface area contributed by atoms with Crippen LogP contribution in [0, 0.1) is 6.92 Å². The first-order chi connectivity index (χ1) is 17.9. The number of aryl methyl sites for hydroxylation is 4.